The number of nitrogens with zero attached hydrogens (tertiary/aromatic N) is 1. The van der Waals surface area contributed by atoms with E-state index in [-0.39, 0.29) is 0 Å². The fourth-order valence-corrected chi connectivity index (χ4v) is 3.13. The Labute approximate surface area is 150 Å². The maximum Gasteiger partial charge on any atom is 0.189 e. The first-order chi connectivity index (χ1) is 11.6. The molecule has 3 rings (SSSR count). The van der Waals surface area contributed by atoms with Crippen LogP contribution in [0.3, 0.4) is 0 Å². The summed E-state index contributed by atoms with van der Waals surface area (Å²) in [6, 6.07) is 15.9. The largest absolute Gasteiger partial charge is 0.497 e. The normalized spacial score (nSPS) is 10.2. The highest BCUT2D eigenvalue weighted by Gasteiger charge is 2.06. The van der Waals surface area contributed by atoms with Crippen molar-refractivity contribution in [1.29, 1.82) is 0 Å². The van der Waals surface area contributed by atoms with Crippen molar-refractivity contribution in [3.8, 4) is 17.0 Å². The minimum Gasteiger partial charge on any atom is -0.497 e. The SMILES string of the molecule is COc1ccc(-c2csc(NC(=S)Nc3ccc(C)cc3)n2)cc1. The van der Waals surface area contributed by atoms with Crippen LogP contribution in [0.25, 0.3) is 11.3 Å². The highest BCUT2D eigenvalue weighted by Crippen LogP contribution is 2.26. The molecule has 0 aliphatic heterocycles. The van der Waals surface area contributed by atoms with Gasteiger partial charge in [-0.3, -0.25) is 0 Å². The predicted molar refractivity (Wildman–Crippen MR) is 105 cm³/mol. The van der Waals surface area contributed by atoms with E-state index < -0.39 is 0 Å². The number of thiocarbonyl (C=S) groups is 1. The van der Waals surface area contributed by atoms with Gasteiger partial charge in [-0.15, -0.1) is 11.3 Å². The third-order valence-corrected chi connectivity index (χ3v) is 4.38. The Bertz CT molecular complexity index is 826. The summed E-state index contributed by atoms with van der Waals surface area (Å²) < 4.78 is 5.17. The Morgan fingerprint density at radius 2 is 1.75 bits per heavy atom. The van der Waals surface area contributed by atoms with Crippen molar-refractivity contribution in [2.45, 2.75) is 6.92 Å². The summed E-state index contributed by atoms with van der Waals surface area (Å²) >= 11 is 6.85. The van der Waals surface area contributed by atoms with Crippen LogP contribution in [0.1, 0.15) is 5.56 Å². The molecule has 6 heteroatoms. The van der Waals surface area contributed by atoms with E-state index in [0.717, 1.165) is 27.8 Å². The third kappa shape index (κ3) is 4.10. The molecule has 2 aromatic carbocycles. The average molecular weight is 355 g/mol. The van der Waals surface area contributed by atoms with E-state index in [4.69, 9.17) is 17.0 Å². The molecule has 0 saturated heterocycles. The maximum atomic E-state index is 5.34. The van der Waals surface area contributed by atoms with Gasteiger partial charge in [0, 0.05) is 16.6 Å². The lowest BCUT2D eigenvalue weighted by atomic mass is 10.2. The highest BCUT2D eigenvalue weighted by molar-refractivity contribution is 7.80. The first kappa shape index (κ1) is 16.4. The van der Waals surface area contributed by atoms with Crippen LogP contribution in [-0.2, 0) is 0 Å². The zero-order valence-electron chi connectivity index (χ0n) is 13.4. The molecule has 0 saturated carbocycles. The van der Waals surface area contributed by atoms with Gasteiger partial charge in [0.2, 0.25) is 0 Å². The number of aryl methyl sites for hydroxylation is 1. The van der Waals surface area contributed by atoms with Crippen LogP contribution in [0.2, 0.25) is 0 Å². The number of aromatic nitrogens is 1. The molecule has 0 aliphatic rings. The number of hydrogen-bond acceptors (Lipinski definition) is 4. The van der Waals surface area contributed by atoms with Crippen molar-refractivity contribution < 1.29 is 4.74 Å². The smallest absolute Gasteiger partial charge is 0.189 e. The summed E-state index contributed by atoms with van der Waals surface area (Å²) in [4.78, 5) is 4.57. The second-order valence-corrected chi connectivity index (χ2v) is 6.48. The molecule has 0 spiro atoms. The monoisotopic (exact) mass is 355 g/mol. The summed E-state index contributed by atoms with van der Waals surface area (Å²) in [7, 11) is 1.65. The van der Waals surface area contributed by atoms with E-state index in [2.05, 4.69) is 22.5 Å². The summed E-state index contributed by atoms with van der Waals surface area (Å²) in [5.74, 6) is 0.829. The Kier molecular flexibility index (Phi) is 5.08. The van der Waals surface area contributed by atoms with Crippen LogP contribution in [0, 0.1) is 6.92 Å². The summed E-state index contributed by atoms with van der Waals surface area (Å²) in [6.45, 7) is 2.05. The van der Waals surface area contributed by atoms with Crippen molar-refractivity contribution in [2.24, 2.45) is 0 Å². The van der Waals surface area contributed by atoms with Gasteiger partial charge in [-0.25, -0.2) is 4.98 Å². The minimum atomic E-state index is 0.523. The number of methoxy groups -OCH3 is 1. The molecular formula is C18H17N3OS2. The first-order valence-corrected chi connectivity index (χ1v) is 8.67. The third-order valence-electron chi connectivity index (χ3n) is 3.42. The second-order valence-electron chi connectivity index (χ2n) is 5.21. The Balaban J connectivity index is 1.64. The topological polar surface area (TPSA) is 46.2 Å². The van der Waals surface area contributed by atoms with Gasteiger partial charge in [-0.05, 0) is 55.5 Å². The number of benzene rings is 2. The molecule has 1 aromatic heterocycles. The van der Waals surface area contributed by atoms with E-state index >= 15 is 0 Å². The standard InChI is InChI=1S/C18H17N3OS2/c1-12-3-7-14(8-4-12)19-17(23)21-18-20-16(11-24-18)13-5-9-15(22-2)10-6-13/h3-11H,1-2H3,(H2,19,20,21,23). The molecular weight excluding hydrogens is 338 g/mol. The van der Waals surface area contributed by atoms with Gasteiger partial charge in [0.25, 0.3) is 0 Å². The lowest BCUT2D eigenvalue weighted by Gasteiger charge is -2.08. The molecule has 0 bridgehead atoms. The fraction of sp³-hybridized carbons (Fsp3) is 0.111. The van der Waals surface area contributed by atoms with Crippen molar-refractivity contribution >= 4 is 39.5 Å². The molecule has 0 amide bonds. The van der Waals surface area contributed by atoms with Crippen LogP contribution in [0.4, 0.5) is 10.8 Å². The second kappa shape index (κ2) is 7.42. The predicted octanol–water partition coefficient (Wildman–Crippen LogP) is 4.94. The molecule has 1 heterocycles. The molecule has 122 valence electrons. The van der Waals surface area contributed by atoms with Gasteiger partial charge < -0.3 is 15.4 Å². The van der Waals surface area contributed by atoms with Gasteiger partial charge in [0.1, 0.15) is 5.75 Å². The number of nitrogens with one attached hydrogen (secondary N) is 2. The summed E-state index contributed by atoms with van der Waals surface area (Å²) in [6.07, 6.45) is 0. The number of anilines is 2. The van der Waals surface area contributed by atoms with E-state index in [1.807, 2.05) is 53.9 Å². The van der Waals surface area contributed by atoms with E-state index in [9.17, 15) is 0 Å². The Morgan fingerprint density at radius 3 is 2.42 bits per heavy atom. The molecule has 2 N–H and O–H groups in total. The molecule has 0 radical (unpaired) electrons. The van der Waals surface area contributed by atoms with E-state index in [1.165, 1.54) is 16.9 Å². The quantitative estimate of drug-likeness (QED) is 0.649. The van der Waals surface area contributed by atoms with Crippen LogP contribution >= 0.6 is 23.6 Å². The van der Waals surface area contributed by atoms with Crippen molar-refractivity contribution in [3.05, 3.63) is 59.5 Å². The van der Waals surface area contributed by atoms with Crippen molar-refractivity contribution in [1.82, 2.24) is 4.98 Å². The molecule has 4 nitrogen and oxygen atoms in total. The van der Waals surface area contributed by atoms with Gasteiger partial charge in [-0.1, -0.05) is 17.7 Å². The van der Waals surface area contributed by atoms with Gasteiger partial charge in [-0.2, -0.15) is 0 Å². The first-order valence-electron chi connectivity index (χ1n) is 7.38. The molecule has 0 fully saturated rings. The van der Waals surface area contributed by atoms with Crippen LogP contribution in [-0.4, -0.2) is 17.2 Å². The van der Waals surface area contributed by atoms with Gasteiger partial charge in [0.05, 0.1) is 12.8 Å². The lowest BCUT2D eigenvalue weighted by Crippen LogP contribution is -2.18. The van der Waals surface area contributed by atoms with Crippen LogP contribution < -0.4 is 15.4 Å². The van der Waals surface area contributed by atoms with Crippen molar-refractivity contribution in [2.75, 3.05) is 17.7 Å². The van der Waals surface area contributed by atoms with E-state index in [0.29, 0.717) is 5.11 Å². The van der Waals surface area contributed by atoms with Crippen molar-refractivity contribution in [3.63, 3.8) is 0 Å². The van der Waals surface area contributed by atoms with Crippen LogP contribution in [0.15, 0.2) is 53.9 Å². The summed E-state index contributed by atoms with van der Waals surface area (Å²) in [5.41, 5.74) is 4.11. The molecule has 0 unspecified atom stereocenters. The number of thiazole rings is 1. The molecule has 0 atom stereocenters. The fourth-order valence-electron chi connectivity index (χ4n) is 2.12. The molecule has 0 aliphatic carbocycles. The zero-order chi connectivity index (χ0) is 16.9. The number of rotatable bonds is 4. The van der Waals surface area contributed by atoms with Gasteiger partial charge in [0.15, 0.2) is 10.2 Å². The highest BCUT2D eigenvalue weighted by atomic mass is 32.1. The zero-order valence-corrected chi connectivity index (χ0v) is 15.0. The summed E-state index contributed by atoms with van der Waals surface area (Å²) in [5, 5.41) is 9.55. The average Bonchev–Trinajstić information content (AvgIpc) is 3.05. The van der Waals surface area contributed by atoms with Gasteiger partial charge >= 0.3 is 0 Å². The molecule has 24 heavy (non-hydrogen) atoms. The number of hydrogen-bond donors (Lipinski definition) is 2. The molecule has 3 aromatic rings. The van der Waals surface area contributed by atoms with E-state index in [1.54, 1.807) is 7.11 Å². The number of ether oxygens (including phenoxy) is 1. The lowest BCUT2D eigenvalue weighted by molar-refractivity contribution is 0.415. The maximum absolute atomic E-state index is 5.34. The minimum absolute atomic E-state index is 0.523. The van der Waals surface area contributed by atoms with Crippen LogP contribution in [0.5, 0.6) is 5.75 Å². The Hall–Kier alpha value is -2.44. The Morgan fingerprint density at radius 1 is 1.04 bits per heavy atom.